The van der Waals surface area contributed by atoms with Crippen LogP contribution in [0, 0.1) is 11.8 Å². The molecule has 0 aromatic carbocycles. The van der Waals surface area contributed by atoms with Crippen molar-refractivity contribution in [2.45, 2.75) is 45.6 Å². The lowest BCUT2D eigenvalue weighted by Crippen LogP contribution is -2.29. The summed E-state index contributed by atoms with van der Waals surface area (Å²) < 4.78 is 5.10. The lowest BCUT2D eigenvalue weighted by Gasteiger charge is -2.25. The third-order valence-electron chi connectivity index (χ3n) is 3.29. The van der Waals surface area contributed by atoms with Gasteiger partial charge in [0.15, 0.2) is 0 Å². The minimum absolute atomic E-state index is 0.109. The van der Waals surface area contributed by atoms with Crippen LogP contribution in [0.4, 0.5) is 0 Å². The van der Waals surface area contributed by atoms with Crippen molar-refractivity contribution in [3.8, 4) is 0 Å². The van der Waals surface area contributed by atoms with Crippen LogP contribution < -0.4 is 5.32 Å². The molecule has 1 unspecified atom stereocenters. The minimum atomic E-state index is 0.109. The molecule has 3 heteroatoms. The molecule has 0 aromatic rings. The molecule has 0 aliphatic carbocycles. The summed E-state index contributed by atoms with van der Waals surface area (Å²) in [4.78, 5) is 10.3. The van der Waals surface area contributed by atoms with Crippen LogP contribution in [0.25, 0.3) is 0 Å². The molecular weight excluding hydrogens is 190 g/mol. The van der Waals surface area contributed by atoms with Crippen molar-refractivity contribution < 1.29 is 9.53 Å². The zero-order valence-corrected chi connectivity index (χ0v) is 9.87. The molecule has 15 heavy (non-hydrogen) atoms. The molecule has 0 radical (unpaired) electrons. The molecule has 1 rings (SSSR count). The van der Waals surface area contributed by atoms with Gasteiger partial charge >= 0.3 is 0 Å². The van der Waals surface area contributed by atoms with E-state index in [0.717, 1.165) is 25.4 Å². The summed E-state index contributed by atoms with van der Waals surface area (Å²) in [5.41, 5.74) is 0. The van der Waals surface area contributed by atoms with E-state index in [9.17, 15) is 4.79 Å². The van der Waals surface area contributed by atoms with Crippen LogP contribution in [0.2, 0.25) is 0 Å². The van der Waals surface area contributed by atoms with E-state index in [4.69, 9.17) is 4.74 Å². The number of nitrogens with one attached hydrogen (secondary N) is 1. The molecular formula is C12H23NO2. The summed E-state index contributed by atoms with van der Waals surface area (Å²) in [5.74, 6) is 1.25. The molecule has 1 saturated heterocycles. The number of hydrogen-bond donors (Lipinski definition) is 1. The fourth-order valence-electron chi connectivity index (χ4n) is 2.20. The van der Waals surface area contributed by atoms with Gasteiger partial charge in [-0.3, -0.25) is 4.79 Å². The first-order chi connectivity index (χ1) is 7.24. The van der Waals surface area contributed by atoms with Gasteiger partial charge in [-0.15, -0.1) is 0 Å². The number of carbonyl (C=O) groups excluding carboxylic acids is 1. The van der Waals surface area contributed by atoms with Crippen molar-refractivity contribution in [2.75, 3.05) is 13.1 Å². The summed E-state index contributed by atoms with van der Waals surface area (Å²) in [7, 11) is 0. The Morgan fingerprint density at radius 1 is 1.40 bits per heavy atom. The molecule has 0 saturated carbocycles. The van der Waals surface area contributed by atoms with Gasteiger partial charge < -0.3 is 10.1 Å². The van der Waals surface area contributed by atoms with E-state index in [-0.39, 0.29) is 6.10 Å². The Hall–Kier alpha value is -0.570. The van der Waals surface area contributed by atoms with Crippen molar-refractivity contribution in [1.82, 2.24) is 5.32 Å². The Labute approximate surface area is 92.6 Å². The van der Waals surface area contributed by atoms with E-state index in [2.05, 4.69) is 19.2 Å². The molecule has 1 aliphatic heterocycles. The van der Waals surface area contributed by atoms with E-state index >= 15 is 0 Å². The van der Waals surface area contributed by atoms with Gasteiger partial charge in [-0.2, -0.15) is 0 Å². The molecule has 0 amide bonds. The van der Waals surface area contributed by atoms with E-state index in [1.807, 2.05) is 0 Å². The highest BCUT2D eigenvalue weighted by molar-refractivity contribution is 5.37. The average Bonchev–Trinajstić information content (AvgIpc) is 2.25. The second kappa shape index (κ2) is 6.83. The van der Waals surface area contributed by atoms with Crippen molar-refractivity contribution in [3.05, 3.63) is 0 Å². The molecule has 0 spiro atoms. The van der Waals surface area contributed by atoms with Gasteiger partial charge in [-0.1, -0.05) is 13.8 Å². The summed E-state index contributed by atoms with van der Waals surface area (Å²) >= 11 is 0. The topological polar surface area (TPSA) is 38.3 Å². The molecule has 1 heterocycles. The molecule has 1 fully saturated rings. The molecule has 0 aromatic heterocycles. The normalized spacial score (nSPS) is 20.2. The van der Waals surface area contributed by atoms with Crippen LogP contribution in [0.15, 0.2) is 0 Å². The fourth-order valence-corrected chi connectivity index (χ4v) is 2.20. The maximum Gasteiger partial charge on any atom is 0.293 e. The summed E-state index contributed by atoms with van der Waals surface area (Å²) in [6, 6.07) is 0. The zero-order chi connectivity index (χ0) is 11.1. The third kappa shape index (κ3) is 4.65. The highest BCUT2D eigenvalue weighted by Crippen LogP contribution is 2.21. The number of rotatable bonds is 6. The summed E-state index contributed by atoms with van der Waals surface area (Å²) in [5, 5.41) is 3.36. The van der Waals surface area contributed by atoms with Gasteiger partial charge in [0.1, 0.15) is 6.10 Å². The van der Waals surface area contributed by atoms with Crippen molar-refractivity contribution >= 4 is 6.47 Å². The SMILES string of the molecule is CC(C)C(CCC1CCNCC1)OC=O. The van der Waals surface area contributed by atoms with Gasteiger partial charge in [0.05, 0.1) is 0 Å². The molecule has 1 N–H and O–H groups in total. The average molecular weight is 213 g/mol. The van der Waals surface area contributed by atoms with Crippen molar-refractivity contribution in [1.29, 1.82) is 0 Å². The zero-order valence-electron chi connectivity index (χ0n) is 9.87. The van der Waals surface area contributed by atoms with Crippen LogP contribution in [0.1, 0.15) is 39.5 Å². The summed E-state index contributed by atoms with van der Waals surface area (Å²) in [6.45, 7) is 7.09. The number of carbonyl (C=O) groups is 1. The van der Waals surface area contributed by atoms with E-state index in [1.165, 1.54) is 19.3 Å². The Morgan fingerprint density at radius 2 is 2.07 bits per heavy atom. The molecule has 1 aliphatic rings. The Balaban J connectivity index is 2.22. The standard InChI is InChI=1S/C12H23NO2/c1-10(2)12(15-9-14)4-3-11-5-7-13-8-6-11/h9-13H,3-8H2,1-2H3. The van der Waals surface area contributed by atoms with Crippen LogP contribution in [0.3, 0.4) is 0 Å². The predicted octanol–water partition coefficient (Wildman–Crippen LogP) is 1.96. The number of hydrogen-bond acceptors (Lipinski definition) is 3. The van der Waals surface area contributed by atoms with Gasteiger partial charge in [0.2, 0.25) is 0 Å². The smallest absolute Gasteiger partial charge is 0.293 e. The fraction of sp³-hybridized carbons (Fsp3) is 0.917. The lowest BCUT2D eigenvalue weighted by molar-refractivity contribution is -0.136. The lowest BCUT2D eigenvalue weighted by atomic mass is 9.90. The van der Waals surface area contributed by atoms with E-state index < -0.39 is 0 Å². The van der Waals surface area contributed by atoms with Crippen LogP contribution in [-0.2, 0) is 9.53 Å². The molecule has 0 bridgehead atoms. The first kappa shape index (κ1) is 12.5. The first-order valence-electron chi connectivity index (χ1n) is 6.04. The van der Waals surface area contributed by atoms with Gasteiger partial charge in [-0.05, 0) is 50.6 Å². The Bertz CT molecular complexity index is 176. The second-order valence-electron chi connectivity index (χ2n) is 4.79. The van der Waals surface area contributed by atoms with E-state index in [1.54, 1.807) is 0 Å². The molecule has 88 valence electrons. The third-order valence-corrected chi connectivity index (χ3v) is 3.29. The van der Waals surface area contributed by atoms with Gasteiger partial charge in [-0.25, -0.2) is 0 Å². The van der Waals surface area contributed by atoms with Crippen LogP contribution in [-0.4, -0.2) is 25.7 Å². The van der Waals surface area contributed by atoms with Crippen molar-refractivity contribution in [2.24, 2.45) is 11.8 Å². The monoisotopic (exact) mass is 213 g/mol. The number of ether oxygens (including phenoxy) is 1. The second-order valence-corrected chi connectivity index (χ2v) is 4.79. The van der Waals surface area contributed by atoms with E-state index in [0.29, 0.717) is 12.4 Å². The predicted molar refractivity (Wildman–Crippen MR) is 60.6 cm³/mol. The highest BCUT2D eigenvalue weighted by atomic mass is 16.5. The Morgan fingerprint density at radius 3 is 2.60 bits per heavy atom. The van der Waals surface area contributed by atoms with Gasteiger partial charge in [0, 0.05) is 0 Å². The molecule has 3 nitrogen and oxygen atoms in total. The molecule has 1 atom stereocenters. The van der Waals surface area contributed by atoms with Crippen LogP contribution >= 0.6 is 0 Å². The summed E-state index contributed by atoms with van der Waals surface area (Å²) in [6.07, 6.45) is 4.86. The van der Waals surface area contributed by atoms with Crippen molar-refractivity contribution in [3.63, 3.8) is 0 Å². The quantitative estimate of drug-likeness (QED) is 0.685. The Kier molecular flexibility index (Phi) is 5.69. The first-order valence-corrected chi connectivity index (χ1v) is 6.04. The maximum absolute atomic E-state index is 10.3. The minimum Gasteiger partial charge on any atom is -0.464 e. The van der Waals surface area contributed by atoms with Gasteiger partial charge in [0.25, 0.3) is 6.47 Å². The largest absolute Gasteiger partial charge is 0.464 e. The highest BCUT2D eigenvalue weighted by Gasteiger charge is 2.18. The maximum atomic E-state index is 10.3. The number of piperidine rings is 1. The van der Waals surface area contributed by atoms with Crippen LogP contribution in [0.5, 0.6) is 0 Å².